The molecule has 1 aliphatic carbocycles. The molecule has 2 rings (SSSR count). The van der Waals surface area contributed by atoms with Gasteiger partial charge in [-0.2, -0.15) is 0 Å². The number of imide groups is 1. The molecule has 1 aromatic rings. The van der Waals surface area contributed by atoms with E-state index < -0.39 is 35.9 Å². The molecule has 0 atom stereocenters. The predicted octanol–water partition coefficient (Wildman–Crippen LogP) is 2.28. The van der Waals surface area contributed by atoms with Gasteiger partial charge in [-0.05, 0) is 25.0 Å². The lowest BCUT2D eigenvalue weighted by atomic mass is 10.2. The van der Waals surface area contributed by atoms with Crippen molar-refractivity contribution in [1.29, 1.82) is 0 Å². The zero-order valence-electron chi connectivity index (χ0n) is 11.7. The number of nitrogens with one attached hydrogen (secondary N) is 3. The van der Waals surface area contributed by atoms with Gasteiger partial charge in [-0.15, -0.1) is 0 Å². The molecule has 0 aromatic heterocycles. The zero-order valence-corrected chi connectivity index (χ0v) is 11.7. The highest BCUT2D eigenvalue weighted by Crippen LogP contribution is 2.19. The highest BCUT2D eigenvalue weighted by atomic mass is 19.2. The fourth-order valence-corrected chi connectivity index (χ4v) is 2.30. The first-order chi connectivity index (χ1) is 10.5. The van der Waals surface area contributed by atoms with Crippen LogP contribution in [0.25, 0.3) is 0 Å². The molecule has 8 heteroatoms. The summed E-state index contributed by atoms with van der Waals surface area (Å²) in [4.78, 5) is 23.1. The molecule has 0 unspecified atom stereocenters. The van der Waals surface area contributed by atoms with Gasteiger partial charge in [0.2, 0.25) is 5.91 Å². The summed E-state index contributed by atoms with van der Waals surface area (Å²) in [7, 11) is 0. The number of rotatable bonds is 4. The van der Waals surface area contributed by atoms with Crippen LogP contribution >= 0.6 is 0 Å². The molecule has 3 amide bonds. The van der Waals surface area contributed by atoms with Gasteiger partial charge in [0.1, 0.15) is 0 Å². The monoisotopic (exact) mass is 315 g/mol. The number of urea groups is 1. The van der Waals surface area contributed by atoms with Gasteiger partial charge in [-0.25, -0.2) is 18.0 Å². The molecule has 0 radical (unpaired) electrons. The van der Waals surface area contributed by atoms with E-state index in [0.717, 1.165) is 37.8 Å². The maximum Gasteiger partial charge on any atom is 0.321 e. The van der Waals surface area contributed by atoms with Crippen molar-refractivity contribution >= 4 is 17.6 Å². The minimum absolute atomic E-state index is 0.0596. The third-order valence-electron chi connectivity index (χ3n) is 3.42. The summed E-state index contributed by atoms with van der Waals surface area (Å²) in [5, 5.41) is 7.04. The first-order valence-electron chi connectivity index (χ1n) is 6.95. The van der Waals surface area contributed by atoms with Gasteiger partial charge in [-0.1, -0.05) is 12.8 Å². The van der Waals surface area contributed by atoms with Gasteiger partial charge >= 0.3 is 6.03 Å². The SMILES string of the molecule is O=C(CNc1ccc(F)c(F)c1F)NC(=O)NC1CCCC1. The Labute approximate surface area is 125 Å². The van der Waals surface area contributed by atoms with Crippen LogP contribution in [0.2, 0.25) is 0 Å². The molecule has 3 N–H and O–H groups in total. The summed E-state index contributed by atoms with van der Waals surface area (Å²) >= 11 is 0. The van der Waals surface area contributed by atoms with Crippen LogP contribution in [-0.2, 0) is 4.79 Å². The Morgan fingerprint density at radius 1 is 1.09 bits per heavy atom. The summed E-state index contributed by atoms with van der Waals surface area (Å²) in [6.07, 6.45) is 3.82. The van der Waals surface area contributed by atoms with Crippen molar-refractivity contribution in [3.63, 3.8) is 0 Å². The van der Waals surface area contributed by atoms with Crippen LogP contribution in [0.15, 0.2) is 12.1 Å². The second-order valence-electron chi connectivity index (χ2n) is 5.08. The van der Waals surface area contributed by atoms with E-state index >= 15 is 0 Å². The standard InChI is InChI=1S/C14H16F3N3O2/c15-9-5-6-10(13(17)12(9)16)18-7-11(21)20-14(22)19-8-3-1-2-4-8/h5-6,8,18H,1-4,7H2,(H2,19,20,21,22). The van der Waals surface area contributed by atoms with Gasteiger partial charge in [-0.3, -0.25) is 10.1 Å². The van der Waals surface area contributed by atoms with Crippen LogP contribution in [-0.4, -0.2) is 24.5 Å². The third-order valence-corrected chi connectivity index (χ3v) is 3.42. The highest BCUT2D eigenvalue weighted by Gasteiger charge is 2.18. The molecule has 5 nitrogen and oxygen atoms in total. The van der Waals surface area contributed by atoms with Crippen molar-refractivity contribution in [2.24, 2.45) is 0 Å². The molecule has 1 saturated carbocycles. The van der Waals surface area contributed by atoms with Gasteiger partial charge in [0.05, 0.1) is 12.2 Å². The summed E-state index contributed by atoms with van der Waals surface area (Å²) < 4.78 is 39.1. The first-order valence-corrected chi connectivity index (χ1v) is 6.95. The molecule has 0 heterocycles. The van der Waals surface area contributed by atoms with Crippen molar-refractivity contribution in [3.8, 4) is 0 Å². The van der Waals surface area contributed by atoms with Crippen molar-refractivity contribution in [2.45, 2.75) is 31.7 Å². The number of benzene rings is 1. The van der Waals surface area contributed by atoms with E-state index in [2.05, 4.69) is 16.0 Å². The Kier molecular flexibility index (Phi) is 5.24. The molecular formula is C14H16F3N3O2. The van der Waals surface area contributed by atoms with Crippen molar-refractivity contribution in [3.05, 3.63) is 29.6 Å². The van der Waals surface area contributed by atoms with Crippen LogP contribution < -0.4 is 16.0 Å². The van der Waals surface area contributed by atoms with E-state index in [1.807, 2.05) is 0 Å². The summed E-state index contributed by atoms with van der Waals surface area (Å²) in [5.74, 6) is -5.06. The average Bonchev–Trinajstić information content (AvgIpc) is 2.96. The van der Waals surface area contributed by atoms with E-state index in [9.17, 15) is 22.8 Å². The van der Waals surface area contributed by atoms with Crippen molar-refractivity contribution in [2.75, 3.05) is 11.9 Å². The molecule has 120 valence electrons. The fraction of sp³-hybridized carbons (Fsp3) is 0.429. The maximum absolute atomic E-state index is 13.4. The molecule has 1 aliphatic rings. The minimum Gasteiger partial charge on any atom is -0.374 e. The van der Waals surface area contributed by atoms with E-state index in [1.165, 1.54) is 0 Å². The molecular weight excluding hydrogens is 299 g/mol. The van der Waals surface area contributed by atoms with Crippen LogP contribution in [0.5, 0.6) is 0 Å². The lowest BCUT2D eigenvalue weighted by Crippen LogP contribution is -2.45. The number of hydrogen-bond acceptors (Lipinski definition) is 3. The van der Waals surface area contributed by atoms with Crippen molar-refractivity contribution < 1.29 is 22.8 Å². The highest BCUT2D eigenvalue weighted by molar-refractivity contribution is 5.96. The smallest absolute Gasteiger partial charge is 0.321 e. The molecule has 22 heavy (non-hydrogen) atoms. The predicted molar refractivity (Wildman–Crippen MR) is 73.7 cm³/mol. The maximum atomic E-state index is 13.4. The van der Waals surface area contributed by atoms with E-state index in [-0.39, 0.29) is 11.7 Å². The van der Waals surface area contributed by atoms with Gasteiger partial charge in [0, 0.05) is 6.04 Å². The lowest BCUT2D eigenvalue weighted by molar-refractivity contribution is -0.118. The van der Waals surface area contributed by atoms with Gasteiger partial charge in [0.15, 0.2) is 17.5 Å². The van der Waals surface area contributed by atoms with Gasteiger partial charge in [0.25, 0.3) is 0 Å². The van der Waals surface area contributed by atoms with Crippen LogP contribution in [0.4, 0.5) is 23.7 Å². The molecule has 1 fully saturated rings. The molecule has 0 saturated heterocycles. The zero-order chi connectivity index (χ0) is 16.1. The summed E-state index contributed by atoms with van der Waals surface area (Å²) in [6, 6.07) is 1.15. The Hall–Kier alpha value is -2.25. The molecule has 0 bridgehead atoms. The van der Waals surface area contributed by atoms with Gasteiger partial charge < -0.3 is 10.6 Å². The van der Waals surface area contributed by atoms with E-state index in [1.54, 1.807) is 0 Å². The summed E-state index contributed by atoms with van der Waals surface area (Å²) in [6.45, 7) is -0.444. The van der Waals surface area contributed by atoms with Crippen LogP contribution in [0, 0.1) is 17.5 Å². The quantitative estimate of drug-likeness (QED) is 0.747. The van der Waals surface area contributed by atoms with Crippen LogP contribution in [0.3, 0.4) is 0 Å². The first kappa shape index (κ1) is 16.1. The minimum atomic E-state index is -1.62. The van der Waals surface area contributed by atoms with E-state index in [4.69, 9.17) is 0 Å². The van der Waals surface area contributed by atoms with E-state index in [0.29, 0.717) is 0 Å². The van der Waals surface area contributed by atoms with Crippen molar-refractivity contribution in [1.82, 2.24) is 10.6 Å². The van der Waals surface area contributed by atoms with Crippen LogP contribution in [0.1, 0.15) is 25.7 Å². The normalized spacial score (nSPS) is 14.7. The number of carbonyl (C=O) groups excluding carboxylic acids is 2. The number of anilines is 1. The topological polar surface area (TPSA) is 70.2 Å². The molecule has 0 aliphatic heterocycles. The number of amides is 3. The second kappa shape index (κ2) is 7.15. The Morgan fingerprint density at radius 3 is 2.45 bits per heavy atom. The Morgan fingerprint density at radius 2 is 1.77 bits per heavy atom. The molecule has 0 spiro atoms. The number of hydrogen-bond donors (Lipinski definition) is 3. The Bertz CT molecular complexity index is 575. The second-order valence-corrected chi connectivity index (χ2v) is 5.08. The summed E-state index contributed by atoms with van der Waals surface area (Å²) in [5.41, 5.74) is -0.356. The lowest BCUT2D eigenvalue weighted by Gasteiger charge is -2.13. The average molecular weight is 315 g/mol. The third kappa shape index (κ3) is 4.12. The molecule has 1 aromatic carbocycles. The number of halogens is 3. The number of carbonyl (C=O) groups is 2. The fourth-order valence-electron chi connectivity index (χ4n) is 2.30. The largest absolute Gasteiger partial charge is 0.374 e. The Balaban J connectivity index is 1.80.